The molecule has 1 saturated carbocycles. The first-order valence-corrected chi connectivity index (χ1v) is 6.03. The predicted octanol–water partition coefficient (Wildman–Crippen LogP) is 2.13. The molecule has 0 spiro atoms. The molecule has 1 aliphatic carbocycles. The van der Waals surface area contributed by atoms with Crippen molar-refractivity contribution in [1.82, 2.24) is 4.90 Å². The maximum atomic E-state index is 8.62. The molecule has 1 N–H and O–H groups in total. The summed E-state index contributed by atoms with van der Waals surface area (Å²) in [5.74, 6) is 1.96. The van der Waals surface area contributed by atoms with Crippen molar-refractivity contribution in [3.05, 3.63) is 0 Å². The van der Waals surface area contributed by atoms with Crippen LogP contribution in [0.4, 0.5) is 0 Å². The van der Waals surface area contributed by atoms with Gasteiger partial charge in [-0.3, -0.25) is 0 Å². The Bertz CT molecular complexity index is 149. The Labute approximate surface area is 88.3 Å². The van der Waals surface area contributed by atoms with E-state index in [1.165, 1.54) is 38.8 Å². The van der Waals surface area contributed by atoms with Gasteiger partial charge in [0, 0.05) is 13.2 Å². The van der Waals surface area contributed by atoms with E-state index in [0.29, 0.717) is 6.61 Å². The quantitative estimate of drug-likeness (QED) is 0.605. The fourth-order valence-corrected chi connectivity index (χ4v) is 1.99. The first-order chi connectivity index (χ1) is 6.74. The number of hydrogen-bond acceptors (Lipinski definition) is 2. The summed E-state index contributed by atoms with van der Waals surface area (Å²) < 4.78 is 0. The Balaban J connectivity index is 1.85. The maximum absolute atomic E-state index is 8.62. The largest absolute Gasteiger partial charge is 0.396 e. The van der Waals surface area contributed by atoms with Crippen LogP contribution in [0.15, 0.2) is 0 Å². The molecule has 2 atom stereocenters. The van der Waals surface area contributed by atoms with Crippen molar-refractivity contribution in [3.63, 3.8) is 0 Å². The van der Waals surface area contributed by atoms with E-state index >= 15 is 0 Å². The van der Waals surface area contributed by atoms with Crippen LogP contribution in [0.3, 0.4) is 0 Å². The zero-order valence-corrected chi connectivity index (χ0v) is 9.71. The topological polar surface area (TPSA) is 23.5 Å². The average Bonchev–Trinajstić information content (AvgIpc) is 2.81. The van der Waals surface area contributed by atoms with Gasteiger partial charge < -0.3 is 10.0 Å². The zero-order valence-electron chi connectivity index (χ0n) is 9.71. The van der Waals surface area contributed by atoms with E-state index in [1.807, 2.05) is 0 Å². The van der Waals surface area contributed by atoms with Crippen LogP contribution in [0.1, 0.15) is 39.0 Å². The van der Waals surface area contributed by atoms with Crippen LogP contribution in [0.25, 0.3) is 0 Å². The Hall–Kier alpha value is -0.0800. The minimum atomic E-state index is 0.357. The van der Waals surface area contributed by atoms with Gasteiger partial charge in [0.05, 0.1) is 0 Å². The minimum Gasteiger partial charge on any atom is -0.396 e. The molecular formula is C12H25NO. The van der Waals surface area contributed by atoms with Gasteiger partial charge in [-0.05, 0) is 44.7 Å². The van der Waals surface area contributed by atoms with E-state index in [1.54, 1.807) is 0 Å². The number of nitrogens with zero attached hydrogens (tertiary/aromatic N) is 1. The molecule has 0 saturated heterocycles. The molecule has 1 fully saturated rings. The van der Waals surface area contributed by atoms with Crippen molar-refractivity contribution in [1.29, 1.82) is 0 Å². The molecule has 0 bridgehead atoms. The lowest BCUT2D eigenvalue weighted by Gasteiger charge is -2.15. The second-order valence-electron chi connectivity index (χ2n) is 4.87. The minimum absolute atomic E-state index is 0.357. The first kappa shape index (κ1) is 12.0. The fourth-order valence-electron chi connectivity index (χ4n) is 1.99. The summed E-state index contributed by atoms with van der Waals surface area (Å²) in [7, 11) is 2.23. The van der Waals surface area contributed by atoms with Gasteiger partial charge >= 0.3 is 0 Å². The van der Waals surface area contributed by atoms with Gasteiger partial charge in [-0.2, -0.15) is 0 Å². The predicted molar refractivity (Wildman–Crippen MR) is 60.3 cm³/mol. The Morgan fingerprint density at radius 1 is 1.21 bits per heavy atom. The molecule has 0 aromatic heterocycles. The van der Waals surface area contributed by atoms with Gasteiger partial charge in [0.2, 0.25) is 0 Å². The summed E-state index contributed by atoms with van der Waals surface area (Å²) in [6.07, 6.45) is 6.16. The normalized spacial score (nSPS) is 25.7. The van der Waals surface area contributed by atoms with Crippen LogP contribution in [0.5, 0.6) is 0 Å². The van der Waals surface area contributed by atoms with E-state index < -0.39 is 0 Å². The van der Waals surface area contributed by atoms with Crippen molar-refractivity contribution in [2.45, 2.75) is 39.0 Å². The van der Waals surface area contributed by atoms with Crippen molar-refractivity contribution in [3.8, 4) is 0 Å². The third-order valence-corrected chi connectivity index (χ3v) is 3.27. The lowest BCUT2D eigenvalue weighted by atomic mass is 10.2. The number of unbranched alkanes of at least 4 members (excludes halogenated alkanes) is 3. The third kappa shape index (κ3) is 4.97. The van der Waals surface area contributed by atoms with Gasteiger partial charge in [0.15, 0.2) is 0 Å². The fraction of sp³-hybridized carbons (Fsp3) is 1.00. The molecule has 0 aliphatic heterocycles. The molecular weight excluding hydrogens is 174 g/mol. The van der Waals surface area contributed by atoms with Crippen LogP contribution < -0.4 is 0 Å². The maximum Gasteiger partial charge on any atom is 0.0431 e. The summed E-state index contributed by atoms with van der Waals surface area (Å²) >= 11 is 0. The monoisotopic (exact) mass is 199 g/mol. The number of aliphatic hydroxyl groups is 1. The third-order valence-electron chi connectivity index (χ3n) is 3.27. The summed E-state index contributed by atoms with van der Waals surface area (Å²) in [5.41, 5.74) is 0. The Morgan fingerprint density at radius 2 is 1.86 bits per heavy atom. The molecule has 0 heterocycles. The molecule has 14 heavy (non-hydrogen) atoms. The average molecular weight is 199 g/mol. The highest BCUT2D eigenvalue weighted by Crippen LogP contribution is 2.37. The molecule has 2 nitrogen and oxygen atoms in total. The van der Waals surface area contributed by atoms with Crippen LogP contribution in [-0.2, 0) is 0 Å². The molecule has 0 aromatic carbocycles. The van der Waals surface area contributed by atoms with E-state index in [2.05, 4.69) is 18.9 Å². The number of rotatable bonds is 8. The van der Waals surface area contributed by atoms with Crippen molar-refractivity contribution < 1.29 is 5.11 Å². The molecule has 2 unspecified atom stereocenters. The van der Waals surface area contributed by atoms with Crippen LogP contribution in [0.2, 0.25) is 0 Å². The lowest BCUT2D eigenvalue weighted by molar-refractivity contribution is 0.276. The second kappa shape index (κ2) is 6.41. The van der Waals surface area contributed by atoms with Crippen molar-refractivity contribution in [2.24, 2.45) is 11.8 Å². The molecule has 1 rings (SSSR count). The number of aliphatic hydroxyl groups excluding tert-OH is 1. The van der Waals surface area contributed by atoms with Gasteiger partial charge in [-0.15, -0.1) is 0 Å². The van der Waals surface area contributed by atoms with E-state index in [0.717, 1.165) is 18.3 Å². The standard InChI is InChI=1S/C12H25NO/c1-11-9-12(11)10-13(2)7-5-3-4-6-8-14/h11-12,14H,3-10H2,1-2H3. The lowest BCUT2D eigenvalue weighted by Crippen LogP contribution is -2.22. The summed E-state index contributed by atoms with van der Waals surface area (Å²) in [4.78, 5) is 2.47. The van der Waals surface area contributed by atoms with Gasteiger partial charge in [0.1, 0.15) is 0 Å². The zero-order chi connectivity index (χ0) is 10.4. The summed E-state index contributed by atoms with van der Waals surface area (Å²) in [6.45, 7) is 5.23. The van der Waals surface area contributed by atoms with Crippen molar-refractivity contribution in [2.75, 3.05) is 26.7 Å². The molecule has 84 valence electrons. The number of hydrogen-bond donors (Lipinski definition) is 1. The van der Waals surface area contributed by atoms with Gasteiger partial charge in [-0.25, -0.2) is 0 Å². The van der Waals surface area contributed by atoms with Gasteiger partial charge in [0.25, 0.3) is 0 Å². The molecule has 0 radical (unpaired) electrons. The molecule has 0 amide bonds. The SMILES string of the molecule is CC1CC1CN(C)CCCCCCO. The summed E-state index contributed by atoms with van der Waals surface area (Å²) in [5, 5.41) is 8.62. The second-order valence-corrected chi connectivity index (χ2v) is 4.87. The highest BCUT2D eigenvalue weighted by Gasteiger charge is 2.32. The van der Waals surface area contributed by atoms with E-state index in [4.69, 9.17) is 5.11 Å². The molecule has 2 heteroatoms. The molecule has 1 aliphatic rings. The highest BCUT2D eigenvalue weighted by atomic mass is 16.2. The Kier molecular flexibility index (Phi) is 5.49. The Morgan fingerprint density at radius 3 is 2.43 bits per heavy atom. The van der Waals surface area contributed by atoms with Crippen LogP contribution in [0, 0.1) is 11.8 Å². The summed E-state index contributed by atoms with van der Waals surface area (Å²) in [6, 6.07) is 0. The smallest absolute Gasteiger partial charge is 0.0431 e. The van der Waals surface area contributed by atoms with Crippen LogP contribution >= 0.6 is 0 Å². The first-order valence-electron chi connectivity index (χ1n) is 6.03. The van der Waals surface area contributed by atoms with Gasteiger partial charge in [-0.1, -0.05) is 19.8 Å². The van der Waals surface area contributed by atoms with Crippen molar-refractivity contribution >= 4 is 0 Å². The van der Waals surface area contributed by atoms with E-state index in [9.17, 15) is 0 Å². The van der Waals surface area contributed by atoms with E-state index in [-0.39, 0.29) is 0 Å². The molecule has 0 aromatic rings. The van der Waals surface area contributed by atoms with Crippen LogP contribution in [-0.4, -0.2) is 36.8 Å². The highest BCUT2D eigenvalue weighted by molar-refractivity contribution is 4.84.